The van der Waals surface area contributed by atoms with Crippen molar-refractivity contribution in [1.29, 1.82) is 0 Å². The predicted octanol–water partition coefficient (Wildman–Crippen LogP) is 3.54. The summed E-state index contributed by atoms with van der Waals surface area (Å²) in [5, 5.41) is 3.84. The smallest absolute Gasteiger partial charge is 0.243 e. The third kappa shape index (κ3) is 4.79. The molecule has 1 fully saturated rings. The lowest BCUT2D eigenvalue weighted by atomic mass is 10.2. The van der Waals surface area contributed by atoms with E-state index in [1.807, 2.05) is 43.1 Å². The van der Waals surface area contributed by atoms with E-state index in [1.54, 1.807) is 35.6 Å². The van der Waals surface area contributed by atoms with Gasteiger partial charge in [0.2, 0.25) is 15.9 Å². The van der Waals surface area contributed by atoms with Crippen LogP contribution in [-0.4, -0.2) is 54.7 Å². The first-order valence-corrected chi connectivity index (χ1v) is 12.6. The van der Waals surface area contributed by atoms with Gasteiger partial charge in [-0.3, -0.25) is 9.69 Å². The van der Waals surface area contributed by atoms with Crippen LogP contribution in [0.2, 0.25) is 0 Å². The fourth-order valence-corrected chi connectivity index (χ4v) is 6.12. The molecule has 4 rings (SSSR count). The van der Waals surface area contributed by atoms with Crippen LogP contribution < -0.4 is 5.32 Å². The maximum absolute atomic E-state index is 12.7. The average molecular weight is 459 g/mol. The Morgan fingerprint density at radius 3 is 2.52 bits per heavy atom. The molecule has 0 bridgehead atoms. The Bertz CT molecular complexity index is 1140. The number of nitrogens with one attached hydrogen (secondary N) is 1. The van der Waals surface area contributed by atoms with E-state index in [-0.39, 0.29) is 16.8 Å². The summed E-state index contributed by atoms with van der Waals surface area (Å²) in [5.74, 6) is -0.154. The van der Waals surface area contributed by atoms with Gasteiger partial charge in [0, 0.05) is 18.8 Å². The molecule has 2 heterocycles. The molecule has 1 aliphatic rings. The summed E-state index contributed by atoms with van der Waals surface area (Å²) in [6, 6.07) is 14.0. The maximum Gasteiger partial charge on any atom is 0.243 e. The van der Waals surface area contributed by atoms with E-state index in [1.165, 1.54) is 4.31 Å². The first kappa shape index (κ1) is 21.9. The highest BCUT2D eigenvalue weighted by molar-refractivity contribution is 7.89. The van der Waals surface area contributed by atoms with Crippen molar-refractivity contribution in [3.8, 4) is 0 Å². The molecule has 0 aliphatic carbocycles. The number of sulfonamides is 1. The molecular weight excluding hydrogens is 432 g/mol. The predicted molar refractivity (Wildman–Crippen MR) is 124 cm³/mol. The third-order valence-corrected chi connectivity index (χ3v) is 8.52. The van der Waals surface area contributed by atoms with Crippen molar-refractivity contribution in [1.82, 2.24) is 14.2 Å². The molecule has 164 valence electrons. The van der Waals surface area contributed by atoms with Crippen molar-refractivity contribution < 1.29 is 13.2 Å². The lowest BCUT2D eigenvalue weighted by Gasteiger charge is -2.23. The van der Waals surface area contributed by atoms with Crippen molar-refractivity contribution in [2.75, 3.05) is 25.5 Å². The number of nitrogens with zero attached hydrogens (tertiary/aromatic N) is 3. The fraction of sp³-hybridized carbons (Fsp3) is 0.364. The van der Waals surface area contributed by atoms with Gasteiger partial charge in [0.05, 0.1) is 27.7 Å². The van der Waals surface area contributed by atoms with Gasteiger partial charge in [-0.1, -0.05) is 12.1 Å². The lowest BCUT2D eigenvalue weighted by molar-refractivity contribution is -0.120. The molecule has 1 amide bonds. The Hall–Kier alpha value is -2.33. The molecular formula is C22H26N4O3S2. The number of rotatable bonds is 7. The highest BCUT2D eigenvalue weighted by atomic mass is 32.2. The minimum Gasteiger partial charge on any atom is -0.325 e. The first-order chi connectivity index (χ1) is 14.8. The zero-order valence-corrected chi connectivity index (χ0v) is 19.2. The molecule has 31 heavy (non-hydrogen) atoms. The summed E-state index contributed by atoms with van der Waals surface area (Å²) in [6.45, 7) is 3.55. The number of carbonyl (C=O) groups is 1. The second-order valence-electron chi connectivity index (χ2n) is 7.79. The van der Waals surface area contributed by atoms with E-state index >= 15 is 0 Å². The van der Waals surface area contributed by atoms with E-state index in [4.69, 9.17) is 0 Å². The number of fused-ring (bicyclic) bond motifs is 1. The van der Waals surface area contributed by atoms with Gasteiger partial charge >= 0.3 is 0 Å². The number of likely N-dealkylation sites (N-methyl/N-ethyl adjacent to an activating group) is 1. The fourth-order valence-electron chi connectivity index (χ4n) is 3.57. The molecule has 1 saturated heterocycles. The maximum atomic E-state index is 12.7. The van der Waals surface area contributed by atoms with E-state index in [0.29, 0.717) is 25.3 Å². The molecule has 2 aromatic carbocycles. The highest BCUT2D eigenvalue weighted by Crippen LogP contribution is 2.24. The Morgan fingerprint density at radius 2 is 1.84 bits per heavy atom. The number of benzene rings is 2. The second kappa shape index (κ2) is 9.04. The van der Waals surface area contributed by atoms with Gasteiger partial charge in [-0.2, -0.15) is 4.31 Å². The molecule has 9 heteroatoms. The number of anilines is 1. The van der Waals surface area contributed by atoms with Crippen LogP contribution in [0.25, 0.3) is 10.2 Å². The molecule has 0 saturated carbocycles. The molecule has 7 nitrogen and oxygen atoms in total. The molecule has 0 radical (unpaired) electrons. The normalized spacial score (nSPS) is 16.1. The van der Waals surface area contributed by atoms with Gasteiger partial charge in [-0.15, -0.1) is 11.3 Å². The Morgan fingerprint density at radius 1 is 1.16 bits per heavy atom. The van der Waals surface area contributed by atoms with Gasteiger partial charge in [0.1, 0.15) is 5.01 Å². The number of amides is 1. The van der Waals surface area contributed by atoms with Crippen molar-refractivity contribution in [2.45, 2.75) is 37.2 Å². The number of carbonyl (C=O) groups excluding carboxylic acids is 1. The number of hydrogen-bond acceptors (Lipinski definition) is 6. The Balaban J connectivity index is 1.37. The minimum atomic E-state index is -3.45. The van der Waals surface area contributed by atoms with E-state index in [9.17, 15) is 13.2 Å². The van der Waals surface area contributed by atoms with Crippen LogP contribution in [0.15, 0.2) is 53.4 Å². The number of aromatic nitrogens is 1. The number of thiazole rings is 1. The molecule has 3 aromatic rings. The largest absolute Gasteiger partial charge is 0.325 e. The van der Waals surface area contributed by atoms with Crippen LogP contribution in [0.1, 0.15) is 24.8 Å². The van der Waals surface area contributed by atoms with Gasteiger partial charge in [0.25, 0.3) is 0 Å². The highest BCUT2D eigenvalue weighted by Gasteiger charge is 2.27. The van der Waals surface area contributed by atoms with E-state index in [0.717, 1.165) is 28.1 Å². The zero-order valence-electron chi connectivity index (χ0n) is 17.6. The first-order valence-electron chi connectivity index (χ1n) is 10.3. The third-order valence-electron chi connectivity index (χ3n) is 5.59. The summed E-state index contributed by atoms with van der Waals surface area (Å²) in [7, 11) is -1.56. The zero-order chi connectivity index (χ0) is 22.0. The number of para-hydroxylation sites is 1. The monoisotopic (exact) mass is 458 g/mol. The molecule has 1 aliphatic heterocycles. The number of hydrogen-bond donors (Lipinski definition) is 1. The minimum absolute atomic E-state index is 0.154. The summed E-state index contributed by atoms with van der Waals surface area (Å²) in [6.07, 6.45) is 1.80. The van der Waals surface area contributed by atoms with Gasteiger partial charge in [-0.05, 0) is 63.2 Å². The van der Waals surface area contributed by atoms with Crippen LogP contribution in [0.5, 0.6) is 0 Å². The van der Waals surface area contributed by atoms with Crippen LogP contribution in [0, 0.1) is 0 Å². The Labute approximate surface area is 186 Å². The van der Waals surface area contributed by atoms with Crippen LogP contribution in [0.3, 0.4) is 0 Å². The van der Waals surface area contributed by atoms with Crippen molar-refractivity contribution in [2.24, 2.45) is 0 Å². The van der Waals surface area contributed by atoms with Crippen LogP contribution in [-0.2, 0) is 21.4 Å². The average Bonchev–Trinajstić information content (AvgIpc) is 3.43. The van der Waals surface area contributed by atoms with Gasteiger partial charge in [0.15, 0.2) is 0 Å². The van der Waals surface area contributed by atoms with Crippen molar-refractivity contribution in [3.63, 3.8) is 0 Å². The summed E-state index contributed by atoms with van der Waals surface area (Å²) >= 11 is 1.63. The summed E-state index contributed by atoms with van der Waals surface area (Å²) < 4.78 is 27.9. The SMILES string of the molecule is CC(C(=O)Nc1ccc(S(=O)(=O)N2CCCC2)cc1)N(C)Cc1nc2ccccc2s1. The topological polar surface area (TPSA) is 82.6 Å². The summed E-state index contributed by atoms with van der Waals surface area (Å²) in [4.78, 5) is 19.5. The standard InChI is InChI=1S/C22H26N4O3S2/c1-16(25(2)15-21-24-19-7-3-4-8-20(19)30-21)22(27)23-17-9-11-18(12-10-17)31(28,29)26-13-5-6-14-26/h3-4,7-12,16H,5-6,13-15H2,1-2H3,(H,23,27). The lowest BCUT2D eigenvalue weighted by Crippen LogP contribution is -2.39. The van der Waals surface area contributed by atoms with Crippen LogP contribution >= 0.6 is 11.3 Å². The molecule has 0 spiro atoms. The molecule has 1 unspecified atom stereocenters. The molecule has 1 aromatic heterocycles. The summed E-state index contributed by atoms with van der Waals surface area (Å²) in [5.41, 5.74) is 1.54. The van der Waals surface area contributed by atoms with Gasteiger partial charge < -0.3 is 5.32 Å². The van der Waals surface area contributed by atoms with Gasteiger partial charge in [-0.25, -0.2) is 13.4 Å². The molecule has 1 atom stereocenters. The van der Waals surface area contributed by atoms with Crippen LogP contribution in [0.4, 0.5) is 5.69 Å². The van der Waals surface area contributed by atoms with E-state index < -0.39 is 10.0 Å². The second-order valence-corrected chi connectivity index (χ2v) is 10.8. The molecule has 1 N–H and O–H groups in total. The van der Waals surface area contributed by atoms with Crippen molar-refractivity contribution >= 4 is 43.2 Å². The van der Waals surface area contributed by atoms with E-state index in [2.05, 4.69) is 10.3 Å². The van der Waals surface area contributed by atoms with Crippen molar-refractivity contribution in [3.05, 3.63) is 53.5 Å². The quantitative estimate of drug-likeness (QED) is 0.586. The Kier molecular flexibility index (Phi) is 6.38.